The zero-order valence-corrected chi connectivity index (χ0v) is 15.9. The fourth-order valence-electron chi connectivity index (χ4n) is 3.72. The quantitative estimate of drug-likeness (QED) is 0.828. The largest absolute Gasteiger partial charge is 0.493 e. The Labute approximate surface area is 163 Å². The number of nitrogens with one attached hydrogen (secondary N) is 1. The van der Waals surface area contributed by atoms with Crippen molar-refractivity contribution in [2.75, 3.05) is 6.61 Å². The molecule has 2 aromatic rings. The van der Waals surface area contributed by atoms with E-state index in [2.05, 4.69) is 5.32 Å². The Morgan fingerprint density at radius 2 is 1.93 bits per heavy atom. The third-order valence-electron chi connectivity index (χ3n) is 5.48. The van der Waals surface area contributed by atoms with Crippen molar-refractivity contribution in [2.45, 2.75) is 38.8 Å². The van der Waals surface area contributed by atoms with Crippen molar-refractivity contribution in [3.8, 4) is 5.75 Å². The van der Waals surface area contributed by atoms with Crippen LogP contribution in [-0.4, -0.2) is 35.3 Å². The van der Waals surface area contributed by atoms with Crippen molar-refractivity contribution in [3.63, 3.8) is 0 Å². The van der Waals surface area contributed by atoms with Gasteiger partial charge in [0.25, 0.3) is 17.7 Å². The second-order valence-electron chi connectivity index (χ2n) is 7.20. The fourth-order valence-corrected chi connectivity index (χ4v) is 3.72. The Bertz CT molecular complexity index is 969. The molecule has 0 bridgehead atoms. The highest BCUT2D eigenvalue weighted by Crippen LogP contribution is 2.32. The van der Waals surface area contributed by atoms with E-state index in [1.165, 1.54) is 11.0 Å². The van der Waals surface area contributed by atoms with Crippen LogP contribution >= 0.6 is 0 Å². The monoisotopic (exact) mass is 378 g/mol. The Morgan fingerprint density at radius 3 is 2.71 bits per heavy atom. The summed E-state index contributed by atoms with van der Waals surface area (Å²) in [5.74, 6) is -0.121. The third kappa shape index (κ3) is 2.95. The number of carbonyl (C=O) groups excluding carboxylic acids is 3. The molecule has 0 spiro atoms. The average Bonchev–Trinajstić information content (AvgIpc) is 2.97. The van der Waals surface area contributed by atoms with Crippen LogP contribution in [0, 0.1) is 0 Å². The van der Waals surface area contributed by atoms with Crippen LogP contribution in [0.1, 0.15) is 69.4 Å². The van der Waals surface area contributed by atoms with Gasteiger partial charge in [0.05, 0.1) is 23.8 Å². The van der Waals surface area contributed by atoms with Gasteiger partial charge >= 0.3 is 0 Å². The second kappa shape index (κ2) is 7.11. The summed E-state index contributed by atoms with van der Waals surface area (Å²) in [6.07, 6.45) is 1.36. The molecule has 0 fully saturated rings. The summed E-state index contributed by atoms with van der Waals surface area (Å²) >= 11 is 0. The van der Waals surface area contributed by atoms with Gasteiger partial charge < -0.3 is 10.1 Å². The number of carbonyl (C=O) groups is 3. The van der Waals surface area contributed by atoms with Gasteiger partial charge in [-0.15, -0.1) is 0 Å². The van der Waals surface area contributed by atoms with Gasteiger partial charge in [-0.1, -0.05) is 25.1 Å². The molecule has 2 atom stereocenters. The van der Waals surface area contributed by atoms with E-state index in [4.69, 9.17) is 4.74 Å². The van der Waals surface area contributed by atoms with Gasteiger partial charge in [0, 0.05) is 23.6 Å². The van der Waals surface area contributed by atoms with Crippen LogP contribution in [0.25, 0.3) is 0 Å². The molecule has 0 aromatic heterocycles. The number of rotatable bonds is 4. The second-order valence-corrected chi connectivity index (χ2v) is 7.20. The molecule has 0 radical (unpaired) electrons. The van der Waals surface area contributed by atoms with Crippen molar-refractivity contribution in [3.05, 3.63) is 64.7 Å². The molecule has 3 amide bonds. The molecule has 2 aromatic carbocycles. The first-order valence-electron chi connectivity index (χ1n) is 9.55. The summed E-state index contributed by atoms with van der Waals surface area (Å²) in [7, 11) is 0. The molecule has 28 heavy (non-hydrogen) atoms. The van der Waals surface area contributed by atoms with Crippen molar-refractivity contribution in [1.82, 2.24) is 10.2 Å². The maximum atomic E-state index is 12.8. The van der Waals surface area contributed by atoms with Crippen molar-refractivity contribution < 1.29 is 19.1 Å². The van der Waals surface area contributed by atoms with Crippen molar-refractivity contribution >= 4 is 17.7 Å². The molecule has 1 N–H and O–H groups in total. The van der Waals surface area contributed by atoms with Crippen LogP contribution in [0.5, 0.6) is 5.75 Å². The lowest BCUT2D eigenvalue weighted by molar-refractivity contribution is 0.0593. The summed E-state index contributed by atoms with van der Waals surface area (Å²) < 4.78 is 5.63. The summed E-state index contributed by atoms with van der Waals surface area (Å²) in [5.41, 5.74) is 1.97. The zero-order valence-electron chi connectivity index (χ0n) is 15.9. The van der Waals surface area contributed by atoms with Gasteiger partial charge in [0.15, 0.2) is 0 Å². The van der Waals surface area contributed by atoms with Gasteiger partial charge in [0.2, 0.25) is 0 Å². The molecule has 2 heterocycles. The molecule has 2 aliphatic heterocycles. The molecule has 144 valence electrons. The minimum absolute atomic E-state index is 0.153. The Morgan fingerprint density at radius 1 is 1.18 bits per heavy atom. The Kier molecular flexibility index (Phi) is 4.63. The van der Waals surface area contributed by atoms with E-state index in [1.54, 1.807) is 12.1 Å². The van der Waals surface area contributed by atoms with E-state index in [0.717, 1.165) is 11.3 Å². The third-order valence-corrected chi connectivity index (χ3v) is 5.48. The van der Waals surface area contributed by atoms with Crippen LogP contribution in [0.2, 0.25) is 0 Å². The minimum atomic E-state index is -0.333. The molecule has 4 rings (SSSR count). The minimum Gasteiger partial charge on any atom is -0.493 e. The molecular weight excluding hydrogens is 356 g/mol. The van der Waals surface area contributed by atoms with Crippen LogP contribution in [0.15, 0.2) is 42.5 Å². The predicted octanol–water partition coefficient (Wildman–Crippen LogP) is 3.33. The zero-order chi connectivity index (χ0) is 19.8. The van der Waals surface area contributed by atoms with Crippen LogP contribution in [0.3, 0.4) is 0 Å². The summed E-state index contributed by atoms with van der Waals surface area (Å²) in [5, 5.41) is 3.02. The summed E-state index contributed by atoms with van der Waals surface area (Å²) in [6, 6.07) is 12.0. The van der Waals surface area contributed by atoms with E-state index < -0.39 is 0 Å². The first kappa shape index (κ1) is 18.2. The van der Waals surface area contributed by atoms with E-state index in [-0.39, 0.29) is 29.8 Å². The topological polar surface area (TPSA) is 75.7 Å². The van der Waals surface area contributed by atoms with Gasteiger partial charge in [0.1, 0.15) is 5.75 Å². The molecule has 0 aliphatic carbocycles. The van der Waals surface area contributed by atoms with E-state index >= 15 is 0 Å². The van der Waals surface area contributed by atoms with Crippen molar-refractivity contribution in [2.24, 2.45) is 0 Å². The van der Waals surface area contributed by atoms with Gasteiger partial charge in [-0.2, -0.15) is 0 Å². The predicted molar refractivity (Wildman–Crippen MR) is 103 cm³/mol. The fraction of sp³-hybridized carbons (Fsp3) is 0.318. The van der Waals surface area contributed by atoms with Crippen LogP contribution < -0.4 is 10.1 Å². The number of fused-ring (bicyclic) bond motifs is 2. The van der Waals surface area contributed by atoms with Gasteiger partial charge in [-0.05, 0) is 37.6 Å². The highest BCUT2D eigenvalue weighted by atomic mass is 16.5. The maximum absolute atomic E-state index is 12.8. The number of imide groups is 1. The number of ether oxygens (including phenoxy) is 1. The smallest absolute Gasteiger partial charge is 0.261 e. The number of nitrogens with zero attached hydrogens (tertiary/aromatic N) is 1. The highest BCUT2D eigenvalue weighted by molar-refractivity contribution is 6.22. The average molecular weight is 378 g/mol. The molecule has 2 unspecified atom stereocenters. The van der Waals surface area contributed by atoms with Crippen LogP contribution in [-0.2, 0) is 0 Å². The lowest BCUT2D eigenvalue weighted by Gasteiger charge is -2.26. The van der Waals surface area contributed by atoms with Crippen LogP contribution in [0.4, 0.5) is 0 Å². The van der Waals surface area contributed by atoms with Crippen molar-refractivity contribution in [1.29, 1.82) is 0 Å². The molecule has 6 nitrogen and oxygen atoms in total. The van der Waals surface area contributed by atoms with Gasteiger partial charge in [-0.3, -0.25) is 19.3 Å². The summed E-state index contributed by atoms with van der Waals surface area (Å²) in [4.78, 5) is 39.3. The lowest BCUT2D eigenvalue weighted by atomic mass is 9.99. The number of para-hydroxylation sites is 1. The standard InChI is InChI=1S/C22H22N2O4/c1-3-13(2)24-21(26)15-9-8-14(12-17(15)22(24)27)20(25)23-18-10-11-28-19-7-5-4-6-16(18)19/h4-9,12-13,18H,3,10-11H2,1-2H3,(H,23,25). The normalized spacial score (nSPS) is 18.9. The van der Waals surface area contributed by atoms with E-state index in [9.17, 15) is 14.4 Å². The molecule has 0 saturated carbocycles. The van der Waals surface area contributed by atoms with E-state index in [0.29, 0.717) is 36.1 Å². The molecular formula is C22H22N2O4. The Balaban J connectivity index is 1.58. The van der Waals surface area contributed by atoms with Gasteiger partial charge in [-0.25, -0.2) is 0 Å². The lowest BCUT2D eigenvalue weighted by Crippen LogP contribution is -2.37. The highest BCUT2D eigenvalue weighted by Gasteiger charge is 2.38. The van der Waals surface area contributed by atoms with E-state index in [1.807, 2.05) is 38.1 Å². The molecule has 6 heteroatoms. The number of hydrogen-bond acceptors (Lipinski definition) is 4. The molecule has 0 saturated heterocycles. The first-order chi connectivity index (χ1) is 13.5. The molecule has 2 aliphatic rings. The number of amides is 3. The SMILES string of the molecule is CCC(C)N1C(=O)c2ccc(C(=O)NC3CCOc4ccccc43)cc2C1=O. The number of hydrogen-bond donors (Lipinski definition) is 1. The number of benzene rings is 2. The summed E-state index contributed by atoms with van der Waals surface area (Å²) in [6.45, 7) is 4.31. The Hall–Kier alpha value is -3.15. The maximum Gasteiger partial charge on any atom is 0.261 e. The first-order valence-corrected chi connectivity index (χ1v) is 9.55.